The van der Waals surface area contributed by atoms with E-state index in [1.165, 1.54) is 0 Å². The van der Waals surface area contributed by atoms with Crippen molar-refractivity contribution in [2.75, 3.05) is 26.8 Å². The highest BCUT2D eigenvalue weighted by Crippen LogP contribution is 2.25. The standard InChI is InChI=1S/C18H22N2O4/c1-12(16-9-13-5-3-4-6-15(13)24-16)19-18(22)14-10-17(21)20(11-14)7-8-23-2/h3-6,9,12,14H,7-8,10-11H2,1-2H3,(H,19,22)/t12-,14+/m0/s1. The fourth-order valence-electron chi connectivity index (χ4n) is 2.98. The number of hydrogen-bond donors (Lipinski definition) is 1. The summed E-state index contributed by atoms with van der Waals surface area (Å²) in [4.78, 5) is 26.1. The molecule has 1 aliphatic rings. The zero-order valence-corrected chi connectivity index (χ0v) is 14.0. The first-order valence-electron chi connectivity index (χ1n) is 8.14. The summed E-state index contributed by atoms with van der Waals surface area (Å²) in [5.41, 5.74) is 0.801. The Balaban J connectivity index is 1.61. The number of carbonyl (C=O) groups excluding carboxylic acids is 2. The maximum absolute atomic E-state index is 12.4. The summed E-state index contributed by atoms with van der Waals surface area (Å²) < 4.78 is 10.8. The molecule has 2 aromatic rings. The van der Waals surface area contributed by atoms with E-state index in [0.29, 0.717) is 25.5 Å². The van der Waals surface area contributed by atoms with Gasteiger partial charge in [0, 0.05) is 32.0 Å². The smallest absolute Gasteiger partial charge is 0.226 e. The lowest BCUT2D eigenvalue weighted by Gasteiger charge is -2.17. The molecule has 0 unspecified atom stereocenters. The molecule has 1 fully saturated rings. The molecule has 128 valence electrons. The number of nitrogens with zero attached hydrogens (tertiary/aromatic N) is 1. The van der Waals surface area contributed by atoms with Gasteiger partial charge < -0.3 is 19.4 Å². The Hall–Kier alpha value is -2.34. The summed E-state index contributed by atoms with van der Waals surface area (Å²) in [7, 11) is 1.60. The average molecular weight is 330 g/mol. The Morgan fingerprint density at radius 3 is 3.00 bits per heavy atom. The summed E-state index contributed by atoms with van der Waals surface area (Å²) in [6.45, 7) is 3.34. The number of hydrogen-bond acceptors (Lipinski definition) is 4. The molecule has 0 radical (unpaired) electrons. The molecule has 2 atom stereocenters. The van der Waals surface area contributed by atoms with Gasteiger partial charge >= 0.3 is 0 Å². The lowest BCUT2D eigenvalue weighted by atomic mass is 10.1. The number of rotatable bonds is 6. The van der Waals surface area contributed by atoms with Crippen LogP contribution >= 0.6 is 0 Å². The molecule has 0 bridgehead atoms. The van der Waals surface area contributed by atoms with Crippen molar-refractivity contribution in [3.63, 3.8) is 0 Å². The number of benzene rings is 1. The van der Waals surface area contributed by atoms with Gasteiger partial charge in [0.25, 0.3) is 0 Å². The maximum Gasteiger partial charge on any atom is 0.226 e. The number of ether oxygens (including phenoxy) is 1. The van der Waals surface area contributed by atoms with Gasteiger partial charge in [-0.25, -0.2) is 0 Å². The van der Waals surface area contributed by atoms with E-state index < -0.39 is 0 Å². The van der Waals surface area contributed by atoms with Crippen LogP contribution in [-0.2, 0) is 14.3 Å². The average Bonchev–Trinajstić information content (AvgIpc) is 3.16. The third-order valence-corrected chi connectivity index (χ3v) is 4.38. The summed E-state index contributed by atoms with van der Waals surface area (Å²) in [6.07, 6.45) is 0.252. The monoisotopic (exact) mass is 330 g/mol. The first kappa shape index (κ1) is 16.5. The number of fused-ring (bicyclic) bond motifs is 1. The van der Waals surface area contributed by atoms with Gasteiger partial charge in [0.15, 0.2) is 0 Å². The SMILES string of the molecule is COCCN1C[C@H](C(=O)N[C@@H](C)c2cc3ccccc3o2)CC1=O. The van der Waals surface area contributed by atoms with Gasteiger partial charge in [-0.1, -0.05) is 18.2 Å². The molecule has 2 heterocycles. The largest absolute Gasteiger partial charge is 0.459 e. The molecule has 1 aliphatic heterocycles. The van der Waals surface area contributed by atoms with E-state index in [1.807, 2.05) is 37.3 Å². The van der Waals surface area contributed by atoms with Crippen LogP contribution in [0, 0.1) is 5.92 Å². The van der Waals surface area contributed by atoms with Crippen molar-refractivity contribution >= 4 is 22.8 Å². The molecule has 3 rings (SSSR count). The number of methoxy groups -OCH3 is 1. The molecule has 6 nitrogen and oxygen atoms in total. The van der Waals surface area contributed by atoms with Gasteiger partial charge in [-0.3, -0.25) is 9.59 Å². The topological polar surface area (TPSA) is 71.8 Å². The molecule has 2 amide bonds. The van der Waals surface area contributed by atoms with Crippen LogP contribution in [0.4, 0.5) is 0 Å². The van der Waals surface area contributed by atoms with E-state index in [9.17, 15) is 9.59 Å². The van der Waals surface area contributed by atoms with E-state index in [-0.39, 0.29) is 30.2 Å². The number of furan rings is 1. The molecule has 24 heavy (non-hydrogen) atoms. The maximum atomic E-state index is 12.4. The second kappa shape index (κ2) is 7.05. The third-order valence-electron chi connectivity index (χ3n) is 4.38. The summed E-state index contributed by atoms with van der Waals surface area (Å²) in [5, 5.41) is 3.96. The molecule has 0 spiro atoms. The number of carbonyl (C=O) groups is 2. The van der Waals surface area contributed by atoms with Crippen molar-refractivity contribution in [1.29, 1.82) is 0 Å². The van der Waals surface area contributed by atoms with E-state index in [4.69, 9.17) is 9.15 Å². The lowest BCUT2D eigenvalue weighted by molar-refractivity contribution is -0.129. The van der Waals surface area contributed by atoms with Gasteiger partial charge in [-0.05, 0) is 19.1 Å². The highest BCUT2D eigenvalue weighted by atomic mass is 16.5. The Labute approximate surface area is 140 Å². The Morgan fingerprint density at radius 1 is 1.46 bits per heavy atom. The zero-order valence-electron chi connectivity index (χ0n) is 14.0. The fourth-order valence-corrected chi connectivity index (χ4v) is 2.98. The van der Waals surface area contributed by atoms with E-state index in [0.717, 1.165) is 11.0 Å². The Morgan fingerprint density at radius 2 is 2.25 bits per heavy atom. The van der Waals surface area contributed by atoms with Gasteiger partial charge in [0.05, 0.1) is 18.6 Å². The van der Waals surface area contributed by atoms with Crippen LogP contribution in [0.1, 0.15) is 25.1 Å². The van der Waals surface area contributed by atoms with Crippen molar-refractivity contribution in [1.82, 2.24) is 10.2 Å². The molecule has 6 heteroatoms. The minimum Gasteiger partial charge on any atom is -0.459 e. The molecule has 1 saturated heterocycles. The summed E-state index contributed by atoms with van der Waals surface area (Å²) in [6, 6.07) is 9.43. The molecular weight excluding hydrogens is 308 g/mol. The van der Waals surface area contributed by atoms with Gasteiger partial charge in [0.2, 0.25) is 11.8 Å². The van der Waals surface area contributed by atoms with Crippen LogP contribution in [0.2, 0.25) is 0 Å². The van der Waals surface area contributed by atoms with Crippen LogP contribution in [0.15, 0.2) is 34.7 Å². The second-order valence-corrected chi connectivity index (χ2v) is 6.15. The number of nitrogens with one attached hydrogen (secondary N) is 1. The summed E-state index contributed by atoms with van der Waals surface area (Å²) in [5.74, 6) is 0.283. The molecule has 0 saturated carbocycles. The molecule has 0 aliphatic carbocycles. The quantitative estimate of drug-likeness (QED) is 0.880. The van der Waals surface area contributed by atoms with Gasteiger partial charge in [-0.2, -0.15) is 0 Å². The van der Waals surface area contributed by atoms with Crippen molar-refractivity contribution in [3.05, 3.63) is 36.1 Å². The minimum atomic E-state index is -0.318. The predicted octanol–water partition coefficient (Wildman–Crippen LogP) is 2.10. The van der Waals surface area contributed by atoms with Crippen LogP contribution < -0.4 is 5.32 Å². The Kier molecular flexibility index (Phi) is 4.85. The van der Waals surface area contributed by atoms with Crippen LogP contribution in [0.25, 0.3) is 11.0 Å². The fraction of sp³-hybridized carbons (Fsp3) is 0.444. The first-order valence-corrected chi connectivity index (χ1v) is 8.14. The van der Waals surface area contributed by atoms with Crippen molar-refractivity contribution in [3.8, 4) is 0 Å². The van der Waals surface area contributed by atoms with Crippen molar-refractivity contribution in [2.45, 2.75) is 19.4 Å². The van der Waals surface area contributed by atoms with E-state index in [1.54, 1.807) is 12.0 Å². The van der Waals surface area contributed by atoms with Crippen molar-refractivity contribution in [2.24, 2.45) is 5.92 Å². The Bertz CT molecular complexity index is 706. The van der Waals surface area contributed by atoms with E-state index in [2.05, 4.69) is 5.32 Å². The number of para-hydroxylation sites is 1. The number of amides is 2. The minimum absolute atomic E-state index is 0.00332. The van der Waals surface area contributed by atoms with Crippen LogP contribution in [0.3, 0.4) is 0 Å². The first-order chi connectivity index (χ1) is 11.6. The van der Waals surface area contributed by atoms with Crippen LogP contribution in [0.5, 0.6) is 0 Å². The third kappa shape index (κ3) is 3.43. The molecular formula is C18H22N2O4. The van der Waals surface area contributed by atoms with Crippen LogP contribution in [-0.4, -0.2) is 43.5 Å². The summed E-state index contributed by atoms with van der Waals surface area (Å²) >= 11 is 0. The van der Waals surface area contributed by atoms with Gasteiger partial charge in [0.1, 0.15) is 11.3 Å². The zero-order chi connectivity index (χ0) is 17.1. The molecule has 1 aromatic carbocycles. The van der Waals surface area contributed by atoms with Gasteiger partial charge in [-0.15, -0.1) is 0 Å². The van der Waals surface area contributed by atoms with E-state index >= 15 is 0 Å². The van der Waals surface area contributed by atoms with Crippen molar-refractivity contribution < 1.29 is 18.7 Å². The second-order valence-electron chi connectivity index (χ2n) is 6.15. The molecule has 1 N–H and O–H groups in total. The normalized spacial score (nSPS) is 19.0. The lowest BCUT2D eigenvalue weighted by Crippen LogP contribution is -2.35. The highest BCUT2D eigenvalue weighted by molar-refractivity contribution is 5.89. The number of likely N-dealkylation sites (tertiary alicyclic amines) is 1. The molecule has 1 aromatic heterocycles. The highest BCUT2D eigenvalue weighted by Gasteiger charge is 2.34. The predicted molar refractivity (Wildman–Crippen MR) is 89.3 cm³/mol.